The van der Waals surface area contributed by atoms with Gasteiger partial charge in [-0.3, -0.25) is 14.4 Å². The summed E-state index contributed by atoms with van der Waals surface area (Å²) in [4.78, 5) is 40.4. The number of fused-ring (bicyclic) bond motifs is 1. The Bertz CT molecular complexity index is 1000. The van der Waals surface area contributed by atoms with Crippen molar-refractivity contribution in [2.45, 2.75) is 29.0 Å². The van der Waals surface area contributed by atoms with Crippen LogP contribution in [0.2, 0.25) is 5.02 Å². The maximum Gasteiger partial charge on any atom is 0.274 e. The third-order valence-corrected chi connectivity index (χ3v) is 9.31. The fourth-order valence-electron chi connectivity index (χ4n) is 4.09. The summed E-state index contributed by atoms with van der Waals surface area (Å²) in [6.07, 6.45) is 1.07. The fourth-order valence-corrected chi connectivity index (χ4v) is 5.80. The first-order chi connectivity index (χ1) is 14.8. The normalized spacial score (nSPS) is 25.5. The van der Waals surface area contributed by atoms with Gasteiger partial charge in [0.2, 0.25) is 0 Å². The van der Waals surface area contributed by atoms with Crippen molar-refractivity contribution in [1.82, 2.24) is 10.0 Å². The van der Waals surface area contributed by atoms with E-state index in [-0.39, 0.29) is 38.6 Å². The standard InChI is InChI=1S/C22H18Br3ClN2O3/c23-13-7-5-12(6-8-13)11-27(20(29)14-3-1-2-4-19(14)26)28-21(30)15-9-17(24)18(25)10-16(15)22(28)31/h1-8,15-18H,9-11H2/t15-,16-,17+,18+/m1/s1. The molecular weight excluding hydrogens is 615 g/mol. The Morgan fingerprint density at radius 3 is 2.06 bits per heavy atom. The molecule has 0 aromatic heterocycles. The van der Waals surface area contributed by atoms with Crippen LogP contribution in [-0.2, 0) is 16.1 Å². The van der Waals surface area contributed by atoms with Crippen LogP contribution >= 0.6 is 59.4 Å². The van der Waals surface area contributed by atoms with Crippen molar-refractivity contribution in [3.8, 4) is 0 Å². The maximum absolute atomic E-state index is 13.5. The van der Waals surface area contributed by atoms with E-state index in [4.69, 9.17) is 11.6 Å². The van der Waals surface area contributed by atoms with Crippen LogP contribution in [0.25, 0.3) is 0 Å². The Kier molecular flexibility index (Phi) is 6.91. The van der Waals surface area contributed by atoms with Gasteiger partial charge in [0.15, 0.2) is 0 Å². The lowest BCUT2D eigenvalue weighted by atomic mass is 9.81. The van der Waals surface area contributed by atoms with Gasteiger partial charge >= 0.3 is 0 Å². The summed E-state index contributed by atoms with van der Waals surface area (Å²) in [6, 6.07) is 14.0. The van der Waals surface area contributed by atoms with Gasteiger partial charge in [0, 0.05) is 14.1 Å². The molecule has 31 heavy (non-hydrogen) atoms. The number of carbonyl (C=O) groups excluding carboxylic acids is 3. The molecule has 0 spiro atoms. The second-order valence-electron chi connectivity index (χ2n) is 7.67. The molecule has 0 unspecified atom stereocenters. The largest absolute Gasteiger partial charge is 0.274 e. The SMILES string of the molecule is O=C(c1ccccc1Cl)N(Cc1ccc(Br)cc1)N1C(=O)[C@@H]2C[C@H](Br)[C@@H](Br)C[C@H]2C1=O. The van der Waals surface area contributed by atoms with Crippen molar-refractivity contribution in [3.05, 3.63) is 69.2 Å². The molecule has 3 amide bonds. The molecule has 1 aliphatic carbocycles. The summed E-state index contributed by atoms with van der Waals surface area (Å²) in [5, 5.41) is 2.55. The van der Waals surface area contributed by atoms with Crippen molar-refractivity contribution in [1.29, 1.82) is 0 Å². The third-order valence-electron chi connectivity index (χ3n) is 5.71. The van der Waals surface area contributed by atoms with Crippen LogP contribution in [0.5, 0.6) is 0 Å². The molecule has 0 N–H and O–H groups in total. The molecule has 1 saturated carbocycles. The fraction of sp³-hybridized carbons (Fsp3) is 0.318. The Labute approximate surface area is 210 Å². The molecule has 0 bridgehead atoms. The quantitative estimate of drug-likeness (QED) is 0.327. The van der Waals surface area contributed by atoms with E-state index in [0.29, 0.717) is 12.8 Å². The molecule has 2 aromatic rings. The van der Waals surface area contributed by atoms with Gasteiger partial charge < -0.3 is 0 Å². The lowest BCUT2D eigenvalue weighted by Gasteiger charge is -2.31. The van der Waals surface area contributed by atoms with Crippen molar-refractivity contribution < 1.29 is 14.4 Å². The average molecular weight is 634 g/mol. The van der Waals surface area contributed by atoms with E-state index in [9.17, 15) is 14.4 Å². The van der Waals surface area contributed by atoms with Crippen LogP contribution in [0, 0.1) is 11.8 Å². The van der Waals surface area contributed by atoms with Crippen molar-refractivity contribution >= 4 is 77.1 Å². The first-order valence-corrected chi connectivity index (χ1v) is 12.7. The lowest BCUT2D eigenvalue weighted by Crippen LogP contribution is -2.49. The van der Waals surface area contributed by atoms with E-state index in [1.807, 2.05) is 24.3 Å². The molecule has 1 heterocycles. The van der Waals surface area contributed by atoms with Gasteiger partial charge in [-0.2, -0.15) is 5.01 Å². The molecule has 4 rings (SSSR count). The molecule has 1 saturated heterocycles. The predicted octanol–water partition coefficient (Wildman–Crippen LogP) is 5.58. The highest BCUT2D eigenvalue weighted by Gasteiger charge is 2.54. The van der Waals surface area contributed by atoms with Gasteiger partial charge in [0.05, 0.1) is 29.0 Å². The second-order valence-corrected chi connectivity index (χ2v) is 11.3. The molecule has 4 atom stereocenters. The highest BCUT2D eigenvalue weighted by atomic mass is 79.9. The number of hydrogen-bond acceptors (Lipinski definition) is 3. The van der Waals surface area contributed by atoms with Crippen LogP contribution in [0.3, 0.4) is 0 Å². The molecule has 2 aliphatic rings. The van der Waals surface area contributed by atoms with Crippen molar-refractivity contribution in [3.63, 3.8) is 0 Å². The predicted molar refractivity (Wildman–Crippen MR) is 129 cm³/mol. The zero-order valence-electron chi connectivity index (χ0n) is 16.2. The Morgan fingerprint density at radius 2 is 1.52 bits per heavy atom. The number of alkyl halides is 2. The Morgan fingerprint density at radius 1 is 0.968 bits per heavy atom. The van der Waals surface area contributed by atoms with E-state index in [1.165, 1.54) is 5.01 Å². The zero-order valence-corrected chi connectivity index (χ0v) is 21.7. The van der Waals surface area contributed by atoms with Gasteiger partial charge in [0.1, 0.15) is 0 Å². The summed E-state index contributed by atoms with van der Waals surface area (Å²) in [5.41, 5.74) is 1.03. The number of benzene rings is 2. The molecule has 0 radical (unpaired) electrons. The van der Waals surface area contributed by atoms with Crippen LogP contribution in [0.1, 0.15) is 28.8 Å². The first kappa shape index (κ1) is 23.0. The topological polar surface area (TPSA) is 57.7 Å². The molecule has 9 heteroatoms. The van der Waals surface area contributed by atoms with Gasteiger partial charge in [-0.25, -0.2) is 5.01 Å². The summed E-state index contributed by atoms with van der Waals surface area (Å²) < 4.78 is 0.895. The number of amides is 3. The van der Waals surface area contributed by atoms with E-state index in [1.54, 1.807) is 24.3 Å². The molecular formula is C22H18Br3ClN2O3. The smallest absolute Gasteiger partial charge is 0.272 e. The van der Waals surface area contributed by atoms with E-state index in [2.05, 4.69) is 47.8 Å². The molecule has 2 aromatic carbocycles. The Hall–Kier alpha value is -1.22. The second kappa shape index (κ2) is 9.33. The number of nitrogens with zero attached hydrogens (tertiary/aromatic N) is 2. The number of carbonyl (C=O) groups is 3. The van der Waals surface area contributed by atoms with Crippen LogP contribution in [0.15, 0.2) is 53.0 Å². The minimum Gasteiger partial charge on any atom is -0.272 e. The number of halogens is 4. The van der Waals surface area contributed by atoms with Crippen LogP contribution < -0.4 is 0 Å². The Balaban J connectivity index is 1.72. The van der Waals surface area contributed by atoms with Crippen LogP contribution in [-0.4, -0.2) is 37.4 Å². The molecule has 1 aliphatic heterocycles. The highest BCUT2D eigenvalue weighted by Crippen LogP contribution is 2.44. The summed E-state index contributed by atoms with van der Waals surface area (Å²) in [6.45, 7) is 0.0732. The number of rotatable bonds is 4. The van der Waals surface area contributed by atoms with Crippen molar-refractivity contribution in [2.24, 2.45) is 11.8 Å². The summed E-state index contributed by atoms with van der Waals surface area (Å²) in [5.74, 6) is -2.05. The maximum atomic E-state index is 13.5. The van der Waals surface area contributed by atoms with Gasteiger partial charge in [-0.05, 0) is 42.7 Å². The summed E-state index contributed by atoms with van der Waals surface area (Å²) in [7, 11) is 0. The van der Waals surface area contributed by atoms with Gasteiger partial charge in [-0.15, -0.1) is 0 Å². The van der Waals surface area contributed by atoms with Gasteiger partial charge in [-0.1, -0.05) is 83.7 Å². The first-order valence-electron chi connectivity index (χ1n) is 9.74. The summed E-state index contributed by atoms with van der Waals surface area (Å²) >= 11 is 16.9. The minimum atomic E-state index is -0.486. The number of imide groups is 1. The molecule has 162 valence electrons. The highest BCUT2D eigenvalue weighted by molar-refractivity contribution is 9.12. The van der Waals surface area contributed by atoms with E-state index >= 15 is 0 Å². The number of hydrazine groups is 1. The molecule has 5 nitrogen and oxygen atoms in total. The van der Waals surface area contributed by atoms with Crippen molar-refractivity contribution in [2.75, 3.05) is 0 Å². The van der Waals surface area contributed by atoms with Gasteiger partial charge in [0.25, 0.3) is 17.7 Å². The monoisotopic (exact) mass is 630 g/mol. The number of hydrogen-bond donors (Lipinski definition) is 0. The average Bonchev–Trinajstić information content (AvgIpc) is 2.98. The minimum absolute atomic E-state index is 0.0732. The van der Waals surface area contributed by atoms with Crippen LogP contribution in [0.4, 0.5) is 0 Å². The lowest BCUT2D eigenvalue weighted by molar-refractivity contribution is -0.155. The molecule has 2 fully saturated rings. The third kappa shape index (κ3) is 4.49. The van der Waals surface area contributed by atoms with E-state index in [0.717, 1.165) is 15.0 Å². The van der Waals surface area contributed by atoms with E-state index < -0.39 is 17.7 Å². The zero-order chi connectivity index (χ0) is 22.3.